The molecule has 0 saturated carbocycles. The van der Waals surface area contributed by atoms with Gasteiger partial charge in [-0.2, -0.15) is 16.1 Å². The van der Waals surface area contributed by atoms with Crippen LogP contribution in [0.15, 0.2) is 19.6 Å². The second kappa shape index (κ2) is 12.1. The van der Waals surface area contributed by atoms with E-state index >= 15 is 0 Å². The Morgan fingerprint density at radius 1 is 0.941 bits per heavy atom. The van der Waals surface area contributed by atoms with Crippen LogP contribution in [-0.4, -0.2) is 61.1 Å². The van der Waals surface area contributed by atoms with Crippen LogP contribution in [0.3, 0.4) is 0 Å². The summed E-state index contributed by atoms with van der Waals surface area (Å²) in [6.07, 6.45) is 6.00. The minimum absolute atomic E-state index is 0.267. The number of carbonyl (C=O) groups is 1. The molecule has 0 unspecified atom stereocenters. The van der Waals surface area contributed by atoms with Crippen LogP contribution in [0.25, 0.3) is 0 Å². The van der Waals surface area contributed by atoms with E-state index in [-0.39, 0.29) is 25.9 Å². The average molecular weight is 582 g/mol. The van der Waals surface area contributed by atoms with Crippen LogP contribution in [0.2, 0.25) is 0 Å². The first-order chi connectivity index (χ1) is 16.1. The summed E-state index contributed by atoms with van der Waals surface area (Å²) in [5, 5.41) is 0. The zero-order valence-corrected chi connectivity index (χ0v) is 24.7. The summed E-state index contributed by atoms with van der Waals surface area (Å²) in [5.41, 5.74) is 7.54. The van der Waals surface area contributed by atoms with Crippen LogP contribution in [0.1, 0.15) is 51.0 Å². The number of anilines is 1. The van der Waals surface area contributed by atoms with Gasteiger partial charge in [0.25, 0.3) is 0 Å². The molecule has 192 valence electrons. The van der Waals surface area contributed by atoms with Gasteiger partial charge in [-0.25, -0.2) is 8.42 Å². The van der Waals surface area contributed by atoms with Gasteiger partial charge in [0.1, 0.15) is 0 Å². The van der Waals surface area contributed by atoms with Crippen molar-refractivity contribution in [3.63, 3.8) is 0 Å². The molecule has 0 atom stereocenters. The zero-order chi connectivity index (χ0) is 25.1. The lowest BCUT2D eigenvalue weighted by Crippen LogP contribution is -2.61. The Hall–Kier alpha value is 0.150. The number of hydrogen-bond donors (Lipinski definition) is 5. The molecule has 3 rings (SSSR count). The lowest BCUT2D eigenvalue weighted by atomic mass is 10.0. The van der Waals surface area contributed by atoms with Crippen molar-refractivity contribution in [2.75, 3.05) is 42.6 Å². The summed E-state index contributed by atoms with van der Waals surface area (Å²) in [7, 11) is -3.86. The van der Waals surface area contributed by atoms with Crippen molar-refractivity contribution in [3.8, 4) is 0 Å². The zero-order valence-electron chi connectivity index (χ0n) is 19.5. The number of primary amides is 1. The summed E-state index contributed by atoms with van der Waals surface area (Å²) in [6.45, 7) is 3.65. The number of amides is 1. The molecule has 1 amide bonds. The Bertz CT molecular complexity index is 975. The van der Waals surface area contributed by atoms with Crippen LogP contribution >= 0.6 is 62.3 Å². The first kappa shape index (κ1) is 28.7. The van der Waals surface area contributed by atoms with Crippen molar-refractivity contribution in [1.29, 1.82) is 0 Å². The van der Waals surface area contributed by atoms with Gasteiger partial charge in [-0.3, -0.25) is 4.79 Å². The molecule has 1 aromatic carbocycles. The fourth-order valence-electron chi connectivity index (χ4n) is 4.73. The Morgan fingerprint density at radius 2 is 1.50 bits per heavy atom. The lowest BCUT2D eigenvalue weighted by Gasteiger charge is -2.42. The molecule has 12 heteroatoms. The number of sulfonamides is 1. The van der Waals surface area contributed by atoms with Gasteiger partial charge in [0, 0.05) is 45.8 Å². The minimum Gasteiger partial charge on any atom is -0.368 e. The van der Waals surface area contributed by atoms with Gasteiger partial charge in [-0.15, -0.1) is 50.5 Å². The number of thiol groups is 4. The van der Waals surface area contributed by atoms with Crippen molar-refractivity contribution < 1.29 is 13.2 Å². The number of hydrogen-bond acceptors (Lipinski definition) is 9. The van der Waals surface area contributed by atoms with E-state index in [9.17, 15) is 13.2 Å². The summed E-state index contributed by atoms with van der Waals surface area (Å²) >= 11 is 20.7. The molecule has 0 aliphatic carbocycles. The smallest absolute Gasteiger partial charge is 0.240 e. The van der Waals surface area contributed by atoms with E-state index < -0.39 is 20.7 Å². The van der Waals surface area contributed by atoms with E-state index in [4.69, 9.17) is 56.2 Å². The third-order valence-electron chi connectivity index (χ3n) is 6.89. The number of unbranched alkanes of at least 4 members (excludes halogenated alkanes) is 3. The van der Waals surface area contributed by atoms with Crippen LogP contribution < -0.4 is 10.6 Å². The standard InChI is InChI=1S/C22H35N3O3S6/c1-2-3-4-5-6-15-17(29)19(31)16(20(32)18(15)30)24-9-11-25(12-10-24)34(27,28)22(21(23)26)7-13-33-14-8-22/h29-32H,2-14H2,1H3,(H2,23,26). The summed E-state index contributed by atoms with van der Waals surface area (Å²) in [4.78, 5) is 17.5. The van der Waals surface area contributed by atoms with Crippen LogP contribution in [0.5, 0.6) is 0 Å². The maximum absolute atomic E-state index is 13.5. The monoisotopic (exact) mass is 581 g/mol. The predicted molar refractivity (Wildman–Crippen MR) is 154 cm³/mol. The number of rotatable bonds is 9. The predicted octanol–water partition coefficient (Wildman–Crippen LogP) is 4.17. The Morgan fingerprint density at radius 3 is 2.00 bits per heavy atom. The fourth-order valence-corrected chi connectivity index (χ4v) is 9.90. The highest BCUT2D eigenvalue weighted by Crippen LogP contribution is 2.44. The molecule has 0 spiro atoms. The van der Waals surface area contributed by atoms with Gasteiger partial charge in [0.05, 0.1) is 5.69 Å². The molecule has 34 heavy (non-hydrogen) atoms. The molecule has 2 N–H and O–H groups in total. The highest BCUT2D eigenvalue weighted by atomic mass is 32.2. The van der Waals surface area contributed by atoms with Crippen molar-refractivity contribution in [1.82, 2.24) is 4.31 Å². The molecule has 0 aromatic heterocycles. The van der Waals surface area contributed by atoms with Gasteiger partial charge in [0.15, 0.2) is 4.75 Å². The lowest BCUT2D eigenvalue weighted by molar-refractivity contribution is -0.120. The van der Waals surface area contributed by atoms with Gasteiger partial charge in [-0.1, -0.05) is 26.2 Å². The largest absolute Gasteiger partial charge is 0.368 e. The first-order valence-corrected chi connectivity index (χ1v) is 16.1. The van der Waals surface area contributed by atoms with Crippen LogP contribution in [0.4, 0.5) is 5.69 Å². The molecule has 0 bridgehead atoms. The molecule has 1 aromatic rings. The van der Waals surface area contributed by atoms with Crippen molar-refractivity contribution in [2.24, 2.45) is 5.73 Å². The molecule has 6 nitrogen and oxygen atoms in total. The number of nitrogens with zero attached hydrogens (tertiary/aromatic N) is 2. The third-order valence-corrected chi connectivity index (χ3v) is 12.7. The maximum atomic E-state index is 13.5. The van der Waals surface area contributed by atoms with Gasteiger partial charge in [-0.05, 0) is 42.8 Å². The van der Waals surface area contributed by atoms with E-state index in [2.05, 4.69) is 11.8 Å². The molecule has 2 aliphatic rings. The van der Waals surface area contributed by atoms with Crippen molar-refractivity contribution in [3.05, 3.63) is 5.56 Å². The Labute approximate surface area is 230 Å². The van der Waals surface area contributed by atoms with Crippen LogP contribution in [-0.2, 0) is 21.2 Å². The molecule has 2 saturated heterocycles. The number of benzene rings is 1. The number of carbonyl (C=O) groups excluding carboxylic acids is 1. The van der Waals surface area contributed by atoms with Crippen molar-refractivity contribution in [2.45, 2.75) is 76.2 Å². The van der Waals surface area contributed by atoms with Gasteiger partial charge < -0.3 is 10.6 Å². The normalized spacial score (nSPS) is 19.4. The van der Waals surface area contributed by atoms with Gasteiger partial charge >= 0.3 is 0 Å². The summed E-state index contributed by atoms with van der Waals surface area (Å²) in [5.74, 6) is 0.502. The quantitative estimate of drug-likeness (QED) is 0.223. The Kier molecular flexibility index (Phi) is 10.2. The molecule has 2 heterocycles. The topological polar surface area (TPSA) is 83.7 Å². The second-order valence-electron chi connectivity index (χ2n) is 8.89. The highest BCUT2D eigenvalue weighted by molar-refractivity contribution is 7.99. The molecular formula is C22H35N3O3S6. The highest BCUT2D eigenvalue weighted by Gasteiger charge is 2.53. The number of nitrogens with two attached hydrogens (primary N) is 1. The van der Waals surface area contributed by atoms with E-state index in [0.717, 1.165) is 50.1 Å². The SMILES string of the molecule is CCCCCCc1c(S)c(S)c(N2CCN(S(=O)(=O)C3(C(N)=O)CCSCC3)CC2)c(S)c1S. The van der Waals surface area contributed by atoms with Gasteiger partial charge in [0.2, 0.25) is 15.9 Å². The number of piperazine rings is 1. The van der Waals surface area contributed by atoms with E-state index in [1.54, 1.807) is 11.8 Å². The molecule has 2 aliphatic heterocycles. The minimum atomic E-state index is -3.86. The summed E-state index contributed by atoms with van der Waals surface area (Å²) in [6, 6.07) is 0. The maximum Gasteiger partial charge on any atom is 0.240 e. The second-order valence-corrected chi connectivity index (χ2v) is 14.2. The number of thioether (sulfide) groups is 1. The fraction of sp³-hybridized carbons (Fsp3) is 0.682. The molecule has 2 fully saturated rings. The van der Waals surface area contributed by atoms with E-state index in [1.807, 2.05) is 0 Å². The van der Waals surface area contributed by atoms with E-state index in [0.29, 0.717) is 24.6 Å². The van der Waals surface area contributed by atoms with E-state index in [1.165, 1.54) is 17.1 Å². The molecule has 0 radical (unpaired) electrons. The average Bonchev–Trinajstić information content (AvgIpc) is 2.83. The van der Waals surface area contributed by atoms with Crippen molar-refractivity contribution >= 4 is 83.9 Å². The summed E-state index contributed by atoms with van der Waals surface area (Å²) < 4.78 is 27.0. The molecular weight excluding hydrogens is 547 g/mol. The Balaban J connectivity index is 1.79. The first-order valence-electron chi connectivity index (χ1n) is 11.7. The van der Waals surface area contributed by atoms with Crippen LogP contribution in [0, 0.1) is 0 Å². The third kappa shape index (κ3) is 5.52.